The number of hydrogen-bond acceptors (Lipinski definition) is 4. The summed E-state index contributed by atoms with van der Waals surface area (Å²) >= 11 is 5.08. The van der Waals surface area contributed by atoms with Crippen molar-refractivity contribution < 1.29 is 17.6 Å². The summed E-state index contributed by atoms with van der Waals surface area (Å²) in [6, 6.07) is 11.2. The normalized spacial score (nSPS) is 11.3. The van der Waals surface area contributed by atoms with Crippen molar-refractivity contribution in [3.63, 3.8) is 0 Å². The van der Waals surface area contributed by atoms with Crippen LogP contribution in [0.5, 0.6) is 0 Å². The lowest BCUT2D eigenvalue weighted by Gasteiger charge is -2.21. The first-order chi connectivity index (χ1) is 13.8. The van der Waals surface area contributed by atoms with E-state index in [0.29, 0.717) is 18.8 Å². The summed E-state index contributed by atoms with van der Waals surface area (Å²) in [5.41, 5.74) is 0.801. The van der Waals surface area contributed by atoms with Crippen molar-refractivity contribution in [1.82, 2.24) is 9.62 Å². The first kappa shape index (κ1) is 22.9. The Hall–Kier alpha value is -2.36. The van der Waals surface area contributed by atoms with Crippen LogP contribution in [0.2, 0.25) is 0 Å². The average molecular weight is 438 g/mol. The van der Waals surface area contributed by atoms with E-state index in [-0.39, 0.29) is 21.4 Å². The third-order valence-electron chi connectivity index (χ3n) is 4.03. The van der Waals surface area contributed by atoms with Gasteiger partial charge in [0.25, 0.3) is 5.91 Å². The van der Waals surface area contributed by atoms with Crippen molar-refractivity contribution in [3.8, 4) is 0 Å². The highest BCUT2D eigenvalue weighted by atomic mass is 32.2. The first-order valence-corrected chi connectivity index (χ1v) is 11.1. The van der Waals surface area contributed by atoms with Crippen molar-refractivity contribution >= 4 is 38.9 Å². The lowest BCUT2D eigenvalue weighted by Crippen LogP contribution is -2.34. The zero-order valence-electron chi connectivity index (χ0n) is 16.3. The van der Waals surface area contributed by atoms with Crippen molar-refractivity contribution in [2.24, 2.45) is 0 Å². The molecule has 2 aromatic carbocycles. The van der Waals surface area contributed by atoms with Crippen LogP contribution in [-0.2, 0) is 10.0 Å². The van der Waals surface area contributed by atoms with E-state index in [9.17, 15) is 17.6 Å². The predicted octanol–water partition coefficient (Wildman–Crippen LogP) is 3.76. The minimum absolute atomic E-state index is 0.0513. The summed E-state index contributed by atoms with van der Waals surface area (Å²) in [4.78, 5) is 12.5. The van der Waals surface area contributed by atoms with Gasteiger partial charge in [-0.2, -0.15) is 4.31 Å². The first-order valence-electron chi connectivity index (χ1n) is 9.26. The molecule has 156 valence electrons. The van der Waals surface area contributed by atoms with Gasteiger partial charge >= 0.3 is 0 Å². The highest BCUT2D eigenvalue weighted by molar-refractivity contribution is 7.89. The topological polar surface area (TPSA) is 78.5 Å². The molecule has 0 saturated carbocycles. The van der Waals surface area contributed by atoms with E-state index < -0.39 is 15.9 Å². The lowest BCUT2D eigenvalue weighted by molar-refractivity contribution is 0.0977. The molecular formula is C20H24FN3O3S2. The maximum Gasteiger partial charge on any atom is 0.257 e. The van der Waals surface area contributed by atoms with Gasteiger partial charge in [-0.15, -0.1) is 0 Å². The second kappa shape index (κ2) is 10.4. The van der Waals surface area contributed by atoms with Gasteiger partial charge in [-0.3, -0.25) is 10.1 Å². The van der Waals surface area contributed by atoms with E-state index in [1.54, 1.807) is 0 Å². The number of benzene rings is 2. The van der Waals surface area contributed by atoms with E-state index in [1.165, 1.54) is 52.8 Å². The number of nitrogens with one attached hydrogen (secondary N) is 2. The van der Waals surface area contributed by atoms with Crippen LogP contribution in [-0.4, -0.2) is 36.8 Å². The van der Waals surface area contributed by atoms with Crippen LogP contribution in [0.15, 0.2) is 53.4 Å². The Morgan fingerprint density at radius 2 is 1.55 bits per heavy atom. The average Bonchev–Trinajstić information content (AvgIpc) is 2.69. The molecule has 0 saturated heterocycles. The van der Waals surface area contributed by atoms with Gasteiger partial charge in [-0.25, -0.2) is 12.8 Å². The Balaban J connectivity index is 2.05. The second-order valence-electron chi connectivity index (χ2n) is 6.34. The molecule has 0 radical (unpaired) electrons. The molecule has 1 amide bonds. The van der Waals surface area contributed by atoms with E-state index >= 15 is 0 Å². The fourth-order valence-corrected chi connectivity index (χ4v) is 4.48. The molecule has 0 aromatic heterocycles. The van der Waals surface area contributed by atoms with Gasteiger partial charge in [0.15, 0.2) is 5.11 Å². The molecule has 0 heterocycles. The summed E-state index contributed by atoms with van der Waals surface area (Å²) in [5, 5.41) is 5.34. The number of thiocarbonyl (C=S) groups is 1. The predicted molar refractivity (Wildman–Crippen MR) is 116 cm³/mol. The maximum absolute atomic E-state index is 12.9. The van der Waals surface area contributed by atoms with Gasteiger partial charge in [0, 0.05) is 24.3 Å². The lowest BCUT2D eigenvalue weighted by atomic mass is 10.2. The van der Waals surface area contributed by atoms with Gasteiger partial charge in [0.1, 0.15) is 5.82 Å². The van der Waals surface area contributed by atoms with Gasteiger partial charge in [-0.05, 0) is 73.6 Å². The van der Waals surface area contributed by atoms with Gasteiger partial charge < -0.3 is 5.32 Å². The summed E-state index contributed by atoms with van der Waals surface area (Å²) in [5.74, 6) is -0.857. The monoisotopic (exact) mass is 437 g/mol. The molecular weight excluding hydrogens is 413 g/mol. The minimum Gasteiger partial charge on any atom is -0.332 e. The van der Waals surface area contributed by atoms with Crippen molar-refractivity contribution in [2.45, 2.75) is 31.6 Å². The van der Waals surface area contributed by atoms with Gasteiger partial charge in [0.2, 0.25) is 10.0 Å². The molecule has 29 heavy (non-hydrogen) atoms. The summed E-state index contributed by atoms with van der Waals surface area (Å²) in [7, 11) is -3.60. The summed E-state index contributed by atoms with van der Waals surface area (Å²) < 4.78 is 39.9. The number of rotatable bonds is 8. The van der Waals surface area contributed by atoms with Crippen LogP contribution in [0, 0.1) is 5.82 Å². The van der Waals surface area contributed by atoms with E-state index in [0.717, 1.165) is 12.8 Å². The molecule has 2 aromatic rings. The molecule has 0 spiro atoms. The summed E-state index contributed by atoms with van der Waals surface area (Å²) in [6.07, 6.45) is 1.44. The van der Waals surface area contributed by atoms with Gasteiger partial charge in [0.05, 0.1) is 4.90 Å². The quantitative estimate of drug-likeness (QED) is 0.615. The minimum atomic E-state index is -3.60. The maximum atomic E-state index is 12.9. The van der Waals surface area contributed by atoms with Crippen LogP contribution in [0.3, 0.4) is 0 Å². The Bertz CT molecular complexity index is 940. The van der Waals surface area contributed by atoms with E-state index in [2.05, 4.69) is 10.6 Å². The number of amides is 1. The number of halogens is 1. The fraction of sp³-hybridized carbons (Fsp3) is 0.300. The molecule has 2 N–H and O–H groups in total. The highest BCUT2D eigenvalue weighted by Gasteiger charge is 2.23. The summed E-state index contributed by atoms with van der Waals surface area (Å²) in [6.45, 7) is 4.74. The smallest absolute Gasteiger partial charge is 0.257 e. The number of hydrogen-bond donors (Lipinski definition) is 2. The van der Waals surface area contributed by atoms with Crippen molar-refractivity contribution in [1.29, 1.82) is 0 Å². The number of carbonyl (C=O) groups is 1. The van der Waals surface area contributed by atoms with Crippen molar-refractivity contribution in [3.05, 3.63) is 59.9 Å². The van der Waals surface area contributed by atoms with E-state index in [4.69, 9.17) is 12.2 Å². The molecule has 0 aliphatic rings. The molecule has 0 unspecified atom stereocenters. The third kappa shape index (κ3) is 6.31. The number of sulfonamides is 1. The van der Waals surface area contributed by atoms with Crippen LogP contribution >= 0.6 is 12.2 Å². The zero-order valence-corrected chi connectivity index (χ0v) is 17.9. The van der Waals surface area contributed by atoms with Crippen LogP contribution < -0.4 is 10.6 Å². The molecule has 6 nitrogen and oxygen atoms in total. The number of nitrogens with zero attached hydrogens (tertiary/aromatic N) is 1. The molecule has 0 fully saturated rings. The number of anilines is 1. The van der Waals surface area contributed by atoms with Crippen LogP contribution in [0.25, 0.3) is 0 Å². The largest absolute Gasteiger partial charge is 0.332 e. The molecule has 0 atom stereocenters. The Morgan fingerprint density at radius 3 is 2.07 bits per heavy atom. The molecule has 0 aliphatic heterocycles. The fourth-order valence-electron chi connectivity index (χ4n) is 2.65. The molecule has 0 aliphatic carbocycles. The third-order valence-corrected chi connectivity index (χ3v) is 6.15. The second-order valence-corrected chi connectivity index (χ2v) is 8.69. The Morgan fingerprint density at radius 1 is 1.00 bits per heavy atom. The van der Waals surface area contributed by atoms with Crippen molar-refractivity contribution in [2.75, 3.05) is 18.4 Å². The standard InChI is InChI=1S/C20H24FN3O3S2/c1-3-13-24(14-4-2)29(26,27)18-11-5-15(6-12-18)19(25)23-20(28)22-17-9-7-16(21)8-10-17/h5-12H,3-4,13-14H2,1-2H3,(H2,22,23,25,28). The Kier molecular flexibility index (Phi) is 8.24. The SMILES string of the molecule is CCCN(CCC)S(=O)(=O)c1ccc(C(=O)NC(=S)Nc2ccc(F)cc2)cc1. The Labute approximate surface area is 176 Å². The van der Waals surface area contributed by atoms with Gasteiger partial charge in [-0.1, -0.05) is 13.8 Å². The molecule has 9 heteroatoms. The number of carbonyl (C=O) groups excluding carboxylic acids is 1. The van der Waals surface area contributed by atoms with E-state index in [1.807, 2.05) is 13.8 Å². The molecule has 2 rings (SSSR count). The molecule has 0 bridgehead atoms. The van der Waals surface area contributed by atoms with Crippen LogP contribution in [0.4, 0.5) is 10.1 Å². The highest BCUT2D eigenvalue weighted by Crippen LogP contribution is 2.17. The van der Waals surface area contributed by atoms with Crippen LogP contribution in [0.1, 0.15) is 37.0 Å². The zero-order chi connectivity index (χ0) is 21.4.